The lowest BCUT2D eigenvalue weighted by Gasteiger charge is -2.12. The van der Waals surface area contributed by atoms with Crippen LogP contribution in [0.2, 0.25) is 0 Å². The van der Waals surface area contributed by atoms with Crippen LogP contribution in [0, 0.1) is 0 Å². The van der Waals surface area contributed by atoms with E-state index in [0.29, 0.717) is 11.5 Å². The third-order valence-electron chi connectivity index (χ3n) is 4.25. The monoisotopic (exact) mass is 430 g/mol. The second-order valence-corrected chi connectivity index (χ2v) is 8.36. The van der Waals surface area contributed by atoms with Crippen molar-refractivity contribution in [1.82, 2.24) is 18.5 Å². The SMILES string of the molecule is COc1ccc(/C=C/c2nc(-c3ccccc3O)n(S(=O)(=O)N(C)C)n2)cc1OC. The van der Waals surface area contributed by atoms with Crippen LogP contribution in [0.1, 0.15) is 11.4 Å². The van der Waals surface area contributed by atoms with Crippen molar-refractivity contribution in [3.63, 3.8) is 0 Å². The van der Waals surface area contributed by atoms with E-state index in [9.17, 15) is 13.5 Å². The van der Waals surface area contributed by atoms with Crippen LogP contribution in [0.3, 0.4) is 0 Å². The molecule has 0 aliphatic rings. The highest BCUT2D eigenvalue weighted by atomic mass is 32.2. The molecule has 9 nitrogen and oxygen atoms in total. The Kier molecular flexibility index (Phi) is 6.09. The maximum absolute atomic E-state index is 12.7. The Balaban J connectivity index is 2.07. The Morgan fingerprint density at radius 2 is 1.73 bits per heavy atom. The van der Waals surface area contributed by atoms with E-state index >= 15 is 0 Å². The average molecular weight is 430 g/mol. The lowest BCUT2D eigenvalue weighted by molar-refractivity contribution is 0.355. The van der Waals surface area contributed by atoms with Gasteiger partial charge in [0.15, 0.2) is 23.1 Å². The van der Waals surface area contributed by atoms with Crippen molar-refractivity contribution in [2.24, 2.45) is 0 Å². The van der Waals surface area contributed by atoms with Crippen LogP contribution in [0.15, 0.2) is 42.5 Å². The number of aromatic hydroxyl groups is 1. The summed E-state index contributed by atoms with van der Waals surface area (Å²) < 4.78 is 37.8. The van der Waals surface area contributed by atoms with Crippen LogP contribution in [-0.4, -0.2) is 60.3 Å². The van der Waals surface area contributed by atoms with Gasteiger partial charge in [-0.3, -0.25) is 0 Å². The van der Waals surface area contributed by atoms with Crippen molar-refractivity contribution < 1.29 is 23.0 Å². The summed E-state index contributed by atoms with van der Waals surface area (Å²) in [5.74, 6) is 1.22. The molecule has 0 aliphatic carbocycles. The quantitative estimate of drug-likeness (QED) is 0.614. The van der Waals surface area contributed by atoms with E-state index in [1.807, 2.05) is 6.07 Å². The third kappa shape index (κ3) is 4.14. The lowest BCUT2D eigenvalue weighted by atomic mass is 10.2. The van der Waals surface area contributed by atoms with Gasteiger partial charge in [-0.1, -0.05) is 24.3 Å². The van der Waals surface area contributed by atoms with E-state index in [4.69, 9.17) is 9.47 Å². The van der Waals surface area contributed by atoms with Crippen molar-refractivity contribution in [2.75, 3.05) is 28.3 Å². The number of aromatic nitrogens is 3. The zero-order chi connectivity index (χ0) is 21.9. The molecule has 0 fully saturated rings. The van der Waals surface area contributed by atoms with Gasteiger partial charge in [-0.05, 0) is 35.9 Å². The number of hydrogen-bond acceptors (Lipinski definition) is 7. The van der Waals surface area contributed by atoms with Crippen LogP contribution >= 0.6 is 0 Å². The predicted octanol–water partition coefficient (Wildman–Crippen LogP) is 2.49. The van der Waals surface area contributed by atoms with Crippen molar-refractivity contribution in [3.05, 3.63) is 53.9 Å². The van der Waals surface area contributed by atoms with Crippen molar-refractivity contribution >= 4 is 22.4 Å². The fourth-order valence-electron chi connectivity index (χ4n) is 2.65. The first kappa shape index (κ1) is 21.3. The normalized spacial score (nSPS) is 11.9. The summed E-state index contributed by atoms with van der Waals surface area (Å²) in [5, 5.41) is 14.3. The highest BCUT2D eigenvalue weighted by Gasteiger charge is 2.25. The molecule has 0 saturated carbocycles. The van der Waals surface area contributed by atoms with E-state index in [2.05, 4.69) is 10.1 Å². The summed E-state index contributed by atoms with van der Waals surface area (Å²) >= 11 is 0. The molecule has 1 aromatic heterocycles. The Hall–Kier alpha value is -3.37. The van der Waals surface area contributed by atoms with E-state index in [0.717, 1.165) is 14.0 Å². The van der Waals surface area contributed by atoms with Crippen molar-refractivity contribution in [2.45, 2.75) is 0 Å². The number of phenols is 1. The minimum Gasteiger partial charge on any atom is -0.507 e. The minimum absolute atomic E-state index is 0.00811. The molecule has 2 aromatic carbocycles. The zero-order valence-corrected chi connectivity index (χ0v) is 17.8. The van der Waals surface area contributed by atoms with Crippen LogP contribution in [0.25, 0.3) is 23.5 Å². The number of phenolic OH excluding ortho intramolecular Hbond substituents is 1. The maximum atomic E-state index is 12.7. The Morgan fingerprint density at radius 3 is 2.37 bits per heavy atom. The summed E-state index contributed by atoms with van der Waals surface area (Å²) in [7, 11) is 1.92. The van der Waals surface area contributed by atoms with E-state index < -0.39 is 10.2 Å². The molecule has 30 heavy (non-hydrogen) atoms. The van der Waals surface area contributed by atoms with Crippen molar-refractivity contribution in [1.29, 1.82) is 0 Å². The highest BCUT2D eigenvalue weighted by molar-refractivity contribution is 7.87. The number of rotatable bonds is 7. The smallest absolute Gasteiger partial charge is 0.324 e. The molecular weight excluding hydrogens is 408 g/mol. The average Bonchev–Trinajstić information content (AvgIpc) is 3.17. The van der Waals surface area contributed by atoms with E-state index in [-0.39, 0.29) is 23.0 Å². The molecule has 1 heterocycles. The van der Waals surface area contributed by atoms with E-state index in [1.54, 1.807) is 56.7 Å². The maximum Gasteiger partial charge on any atom is 0.324 e. The number of hydrogen-bond donors (Lipinski definition) is 1. The molecular formula is C20H22N4O5S. The van der Waals surface area contributed by atoms with Gasteiger partial charge in [0, 0.05) is 14.1 Å². The Labute approximate surface area is 175 Å². The second kappa shape index (κ2) is 8.56. The molecule has 1 N–H and O–H groups in total. The summed E-state index contributed by atoms with van der Waals surface area (Å²) in [6, 6.07) is 11.7. The summed E-state index contributed by atoms with van der Waals surface area (Å²) in [6.45, 7) is 0. The van der Waals surface area contributed by atoms with E-state index in [1.165, 1.54) is 20.2 Å². The summed E-state index contributed by atoms with van der Waals surface area (Å²) in [5.41, 5.74) is 1.03. The van der Waals surface area contributed by atoms with Gasteiger partial charge >= 0.3 is 10.2 Å². The highest BCUT2D eigenvalue weighted by Crippen LogP contribution is 2.30. The molecule has 0 atom stereocenters. The molecule has 0 spiro atoms. The van der Waals surface area contributed by atoms with Gasteiger partial charge in [-0.2, -0.15) is 12.7 Å². The Morgan fingerprint density at radius 1 is 1.03 bits per heavy atom. The van der Waals surface area contributed by atoms with Crippen LogP contribution in [-0.2, 0) is 10.2 Å². The predicted molar refractivity (Wildman–Crippen MR) is 114 cm³/mol. The van der Waals surface area contributed by atoms with Gasteiger partial charge < -0.3 is 14.6 Å². The summed E-state index contributed by atoms with van der Waals surface area (Å²) in [6.07, 6.45) is 3.30. The number of benzene rings is 2. The fraction of sp³-hybridized carbons (Fsp3) is 0.200. The Bertz CT molecular complexity index is 1190. The molecule has 0 amide bonds. The first-order chi connectivity index (χ1) is 14.3. The first-order valence-electron chi connectivity index (χ1n) is 8.86. The van der Waals surface area contributed by atoms with Gasteiger partial charge in [0.1, 0.15) is 5.75 Å². The minimum atomic E-state index is -3.96. The molecule has 0 saturated heterocycles. The zero-order valence-electron chi connectivity index (χ0n) is 17.0. The molecule has 3 aromatic rings. The second-order valence-electron chi connectivity index (χ2n) is 6.39. The molecule has 3 rings (SSSR count). The largest absolute Gasteiger partial charge is 0.507 e. The molecule has 0 bridgehead atoms. The van der Waals surface area contributed by atoms with Gasteiger partial charge in [0.05, 0.1) is 19.8 Å². The lowest BCUT2D eigenvalue weighted by Crippen LogP contribution is -2.30. The van der Waals surface area contributed by atoms with Gasteiger partial charge in [-0.25, -0.2) is 4.98 Å². The molecule has 10 heteroatoms. The van der Waals surface area contributed by atoms with Crippen LogP contribution in [0.5, 0.6) is 17.2 Å². The number of nitrogens with zero attached hydrogens (tertiary/aromatic N) is 4. The topological polar surface area (TPSA) is 107 Å². The van der Waals surface area contributed by atoms with Crippen LogP contribution < -0.4 is 9.47 Å². The first-order valence-corrected chi connectivity index (χ1v) is 10.3. The molecule has 0 unspecified atom stereocenters. The van der Waals surface area contributed by atoms with Crippen LogP contribution in [0.4, 0.5) is 0 Å². The number of ether oxygens (including phenoxy) is 2. The molecule has 0 radical (unpaired) electrons. The van der Waals surface area contributed by atoms with Gasteiger partial charge in [0.25, 0.3) is 0 Å². The number of methoxy groups -OCH3 is 2. The fourth-order valence-corrected chi connectivity index (χ4v) is 3.51. The third-order valence-corrected chi connectivity index (χ3v) is 5.87. The summed E-state index contributed by atoms with van der Waals surface area (Å²) in [4.78, 5) is 4.32. The number of para-hydroxylation sites is 1. The molecule has 0 aliphatic heterocycles. The van der Waals surface area contributed by atoms with Crippen molar-refractivity contribution in [3.8, 4) is 28.6 Å². The molecule has 158 valence electrons. The standard InChI is InChI=1S/C20H22N4O5S/c1-23(2)30(26,27)24-20(15-7-5-6-8-16(15)25)21-19(22-24)12-10-14-9-11-17(28-3)18(13-14)29-4/h5-13,25H,1-4H3/b12-10+. The van der Waals surface area contributed by atoms with Gasteiger partial charge in [-0.15, -0.1) is 9.19 Å². The van der Waals surface area contributed by atoms with Gasteiger partial charge in [0.2, 0.25) is 0 Å².